The summed E-state index contributed by atoms with van der Waals surface area (Å²) in [6, 6.07) is 18.7. The molecular formula is C26H25N5OS2. The van der Waals surface area contributed by atoms with Crippen molar-refractivity contribution < 1.29 is 4.79 Å². The predicted octanol–water partition coefficient (Wildman–Crippen LogP) is 6.17. The van der Waals surface area contributed by atoms with Crippen LogP contribution in [0.2, 0.25) is 0 Å². The third-order valence-electron chi connectivity index (χ3n) is 5.54. The summed E-state index contributed by atoms with van der Waals surface area (Å²) in [5, 5.41) is 12.5. The Morgan fingerprint density at radius 1 is 1.09 bits per heavy atom. The zero-order valence-electron chi connectivity index (χ0n) is 19.1. The number of aromatic nitrogens is 4. The molecule has 4 aromatic rings. The molecule has 8 heteroatoms. The van der Waals surface area contributed by atoms with Crippen LogP contribution in [0.15, 0.2) is 81.9 Å². The van der Waals surface area contributed by atoms with E-state index >= 15 is 0 Å². The Balaban J connectivity index is 1.20. The number of anilines is 1. The monoisotopic (exact) mass is 487 g/mol. The van der Waals surface area contributed by atoms with Crippen LogP contribution in [0.5, 0.6) is 0 Å². The van der Waals surface area contributed by atoms with Crippen LogP contribution >= 0.6 is 23.5 Å². The number of nitrogens with zero attached hydrogens (tertiary/aromatic N) is 4. The van der Waals surface area contributed by atoms with Crippen molar-refractivity contribution in [2.75, 3.05) is 11.1 Å². The van der Waals surface area contributed by atoms with E-state index in [0.29, 0.717) is 6.04 Å². The van der Waals surface area contributed by atoms with Crippen molar-refractivity contribution >= 4 is 35.1 Å². The molecule has 1 saturated carbocycles. The second kappa shape index (κ2) is 10.0. The fourth-order valence-electron chi connectivity index (χ4n) is 3.61. The van der Waals surface area contributed by atoms with Crippen LogP contribution in [0.25, 0.3) is 11.4 Å². The van der Waals surface area contributed by atoms with E-state index in [1.54, 1.807) is 24.2 Å². The summed E-state index contributed by atoms with van der Waals surface area (Å²) in [6.45, 7) is 4.23. The van der Waals surface area contributed by atoms with E-state index in [1.807, 2.05) is 36.4 Å². The minimum atomic E-state index is -0.0618. The minimum absolute atomic E-state index is 0.0618. The van der Waals surface area contributed by atoms with Gasteiger partial charge in [-0.15, -0.1) is 10.2 Å². The van der Waals surface area contributed by atoms with Gasteiger partial charge >= 0.3 is 0 Å². The second-order valence-electron chi connectivity index (χ2n) is 8.38. The van der Waals surface area contributed by atoms with Crippen molar-refractivity contribution in [1.82, 2.24) is 19.7 Å². The summed E-state index contributed by atoms with van der Waals surface area (Å²) in [5.74, 6) is 1.03. The number of pyridine rings is 1. The van der Waals surface area contributed by atoms with Crippen molar-refractivity contribution in [2.24, 2.45) is 0 Å². The molecule has 34 heavy (non-hydrogen) atoms. The largest absolute Gasteiger partial charge is 0.325 e. The number of thioether (sulfide) groups is 1. The molecule has 2 aromatic heterocycles. The van der Waals surface area contributed by atoms with Gasteiger partial charge in [0.2, 0.25) is 5.91 Å². The van der Waals surface area contributed by atoms with E-state index in [2.05, 4.69) is 57.1 Å². The van der Waals surface area contributed by atoms with Crippen LogP contribution in [0.4, 0.5) is 5.69 Å². The lowest BCUT2D eigenvalue weighted by molar-refractivity contribution is -0.113. The molecule has 1 aliphatic rings. The van der Waals surface area contributed by atoms with Crippen LogP contribution in [-0.2, 0) is 4.79 Å². The molecule has 2 heterocycles. The van der Waals surface area contributed by atoms with Crippen LogP contribution < -0.4 is 5.32 Å². The molecule has 5 rings (SSSR count). The molecule has 0 saturated heterocycles. The molecule has 6 nitrogen and oxygen atoms in total. The van der Waals surface area contributed by atoms with Gasteiger partial charge in [0.25, 0.3) is 0 Å². The van der Waals surface area contributed by atoms with E-state index in [1.165, 1.54) is 27.8 Å². The average molecular weight is 488 g/mol. The summed E-state index contributed by atoms with van der Waals surface area (Å²) >= 11 is 3.15. The maximum Gasteiger partial charge on any atom is 0.234 e. The van der Waals surface area contributed by atoms with Gasteiger partial charge in [0.05, 0.1) is 5.75 Å². The number of benzene rings is 2. The highest BCUT2D eigenvalue weighted by atomic mass is 32.2. The maximum absolute atomic E-state index is 12.6. The lowest BCUT2D eigenvalue weighted by atomic mass is 10.2. The molecule has 0 atom stereocenters. The zero-order valence-corrected chi connectivity index (χ0v) is 20.7. The number of hydrogen-bond acceptors (Lipinski definition) is 6. The summed E-state index contributed by atoms with van der Waals surface area (Å²) in [7, 11) is 0. The summed E-state index contributed by atoms with van der Waals surface area (Å²) < 4.78 is 2.15. The minimum Gasteiger partial charge on any atom is -0.325 e. The highest BCUT2D eigenvalue weighted by Gasteiger charge is 2.30. The first-order valence-corrected chi connectivity index (χ1v) is 13.0. The number of carbonyl (C=O) groups excluding carboxylic acids is 1. The molecule has 1 fully saturated rings. The molecule has 0 unspecified atom stereocenters. The molecule has 0 radical (unpaired) electrons. The van der Waals surface area contributed by atoms with Crippen LogP contribution in [-0.4, -0.2) is 31.4 Å². The Bertz CT molecular complexity index is 1300. The number of hydrogen-bond donors (Lipinski definition) is 1. The Morgan fingerprint density at radius 3 is 2.65 bits per heavy atom. The summed E-state index contributed by atoms with van der Waals surface area (Å²) in [5.41, 5.74) is 4.24. The van der Waals surface area contributed by atoms with Crippen molar-refractivity contribution in [1.29, 1.82) is 0 Å². The SMILES string of the molecule is Cc1ccc(C)c(Sc2ccc(NC(=O)CSc3nnc(-c4cccnc4)n3C3CC3)cc2)c1. The molecule has 1 aliphatic carbocycles. The van der Waals surface area contributed by atoms with Crippen LogP contribution in [0, 0.1) is 13.8 Å². The Labute approximate surface area is 207 Å². The first-order valence-electron chi connectivity index (χ1n) is 11.2. The number of carbonyl (C=O) groups is 1. The number of rotatable bonds is 8. The van der Waals surface area contributed by atoms with Crippen LogP contribution in [0.3, 0.4) is 0 Å². The Hall–Kier alpha value is -3.10. The van der Waals surface area contributed by atoms with E-state index in [-0.39, 0.29) is 11.7 Å². The van der Waals surface area contributed by atoms with Gasteiger partial charge in [0.1, 0.15) is 0 Å². The average Bonchev–Trinajstić information content (AvgIpc) is 3.60. The standard InChI is InChI=1S/C26H25N5OS2/c1-17-5-6-18(2)23(14-17)34-22-11-7-20(8-12-22)28-24(32)16-33-26-30-29-25(31(26)21-9-10-21)19-4-3-13-27-15-19/h3-8,11-15,21H,9-10,16H2,1-2H3,(H,28,32). The fourth-order valence-corrected chi connectivity index (χ4v) is 5.41. The molecule has 1 amide bonds. The van der Waals surface area contributed by atoms with Gasteiger partial charge in [-0.1, -0.05) is 35.7 Å². The van der Waals surface area contributed by atoms with Crippen molar-refractivity contribution in [3.8, 4) is 11.4 Å². The van der Waals surface area contributed by atoms with E-state index in [4.69, 9.17) is 0 Å². The lowest BCUT2D eigenvalue weighted by Crippen LogP contribution is -2.14. The predicted molar refractivity (Wildman–Crippen MR) is 137 cm³/mol. The first-order chi connectivity index (χ1) is 16.6. The molecular weight excluding hydrogens is 462 g/mol. The molecule has 1 N–H and O–H groups in total. The van der Waals surface area contributed by atoms with Gasteiger partial charge in [0, 0.05) is 39.5 Å². The molecule has 172 valence electrons. The number of amides is 1. The van der Waals surface area contributed by atoms with Gasteiger partial charge in [-0.05, 0) is 80.3 Å². The van der Waals surface area contributed by atoms with Crippen LogP contribution in [0.1, 0.15) is 30.0 Å². The van der Waals surface area contributed by atoms with Gasteiger partial charge < -0.3 is 5.32 Å². The Kier molecular flexibility index (Phi) is 6.69. The quantitative estimate of drug-likeness (QED) is 0.300. The topological polar surface area (TPSA) is 72.7 Å². The first kappa shape index (κ1) is 22.7. The lowest BCUT2D eigenvalue weighted by Gasteiger charge is -2.10. The highest BCUT2D eigenvalue weighted by Crippen LogP contribution is 2.41. The molecule has 2 aromatic carbocycles. The van der Waals surface area contributed by atoms with E-state index < -0.39 is 0 Å². The molecule has 0 spiro atoms. The number of aryl methyl sites for hydroxylation is 2. The van der Waals surface area contributed by atoms with Gasteiger partial charge in [-0.2, -0.15) is 0 Å². The second-order valence-corrected chi connectivity index (χ2v) is 10.4. The van der Waals surface area contributed by atoms with Crippen molar-refractivity contribution in [2.45, 2.75) is 47.7 Å². The smallest absolute Gasteiger partial charge is 0.234 e. The van der Waals surface area contributed by atoms with E-state index in [9.17, 15) is 4.79 Å². The normalized spacial score (nSPS) is 13.1. The summed E-state index contributed by atoms with van der Waals surface area (Å²) in [4.78, 5) is 19.2. The third kappa shape index (κ3) is 5.34. The maximum atomic E-state index is 12.6. The third-order valence-corrected chi connectivity index (χ3v) is 7.65. The van der Waals surface area contributed by atoms with Crippen molar-refractivity contribution in [3.05, 3.63) is 78.1 Å². The zero-order chi connectivity index (χ0) is 23.5. The van der Waals surface area contributed by atoms with Gasteiger partial charge in [-0.3, -0.25) is 14.3 Å². The Morgan fingerprint density at radius 2 is 1.91 bits per heavy atom. The molecule has 0 aliphatic heterocycles. The summed E-state index contributed by atoms with van der Waals surface area (Å²) in [6.07, 6.45) is 5.76. The molecule has 0 bridgehead atoms. The highest BCUT2D eigenvalue weighted by molar-refractivity contribution is 8.00. The van der Waals surface area contributed by atoms with Crippen molar-refractivity contribution in [3.63, 3.8) is 0 Å². The van der Waals surface area contributed by atoms with E-state index in [0.717, 1.165) is 40.0 Å². The van der Waals surface area contributed by atoms with Gasteiger partial charge in [-0.25, -0.2) is 0 Å². The fraction of sp³-hybridized carbons (Fsp3) is 0.231. The number of nitrogens with one attached hydrogen (secondary N) is 1. The van der Waals surface area contributed by atoms with Gasteiger partial charge in [0.15, 0.2) is 11.0 Å².